The summed E-state index contributed by atoms with van der Waals surface area (Å²) in [6.07, 6.45) is 11.0. The van der Waals surface area contributed by atoms with Gasteiger partial charge in [0.15, 0.2) is 0 Å². The molecule has 0 spiro atoms. The summed E-state index contributed by atoms with van der Waals surface area (Å²) in [4.78, 5) is 31.1. The van der Waals surface area contributed by atoms with E-state index in [0.29, 0.717) is 0 Å². The van der Waals surface area contributed by atoms with Crippen molar-refractivity contribution in [1.29, 1.82) is 10.5 Å². The van der Waals surface area contributed by atoms with E-state index < -0.39 is 0 Å². The van der Waals surface area contributed by atoms with E-state index >= 15 is 0 Å². The van der Waals surface area contributed by atoms with Crippen LogP contribution in [-0.4, -0.2) is 39.7 Å². The first-order valence-corrected chi connectivity index (χ1v) is 16.1. The molecule has 0 aromatic carbocycles. The van der Waals surface area contributed by atoms with E-state index in [1.54, 1.807) is 12.1 Å². The number of rotatable bonds is 12. The van der Waals surface area contributed by atoms with Crippen molar-refractivity contribution in [1.82, 2.24) is 39.7 Å². The molecule has 6 aromatic heterocycles. The maximum Gasteiger partial charge on any atom is 4.00 e. The van der Waals surface area contributed by atoms with Crippen LogP contribution in [0.3, 0.4) is 0 Å². The first-order valence-electron chi connectivity index (χ1n) is 16.1. The van der Waals surface area contributed by atoms with Crippen molar-refractivity contribution in [2.45, 2.75) is 53.1 Å². The maximum absolute atomic E-state index is 7.32. The van der Waals surface area contributed by atoms with E-state index in [2.05, 4.69) is 39.7 Å². The molecule has 0 aliphatic rings. The molecule has 6 heterocycles. The molecule has 6 aromatic rings. The van der Waals surface area contributed by atoms with Gasteiger partial charge in [0.05, 0.1) is 46.3 Å². The zero-order valence-electron chi connectivity index (χ0n) is 33.4. The smallest absolute Gasteiger partial charge is 2.00 e. The first kappa shape index (κ1) is 81.7. The molecule has 0 saturated carbocycles. The Morgan fingerprint density at radius 2 is 0.468 bits per heavy atom. The molecule has 18 nitrogen and oxygen atoms in total. The van der Waals surface area contributed by atoms with Crippen LogP contribution in [0.2, 0.25) is 0 Å². The Bertz CT molecular complexity index is 1510. The van der Waals surface area contributed by atoms with Crippen molar-refractivity contribution >= 4 is 0 Å². The summed E-state index contributed by atoms with van der Waals surface area (Å²) in [6.45, 7) is 7.49. The zero-order valence-corrected chi connectivity index (χ0v) is 39.6. The monoisotopic (exact) mass is 1100 g/mol. The predicted octanol–water partition coefficient (Wildman–Crippen LogP) is 6.25. The summed E-state index contributed by atoms with van der Waals surface area (Å²) in [6, 6.07) is 39.5. The average Bonchev–Trinajstić information content (AvgIpc) is 3.15. The summed E-state index contributed by atoms with van der Waals surface area (Å²) in [5, 5.41) is 14.6. The van der Waals surface area contributed by atoms with Gasteiger partial charge in [-0.25, -0.2) is 0 Å². The fraction of sp³-hybridized carbons (Fsp3) is 0.200. The summed E-state index contributed by atoms with van der Waals surface area (Å²) >= 11 is 0. The van der Waals surface area contributed by atoms with Gasteiger partial charge in [0.1, 0.15) is 0 Å². The molecule has 0 aliphatic heterocycles. The Morgan fingerprint density at radius 3 is 0.565 bits per heavy atom. The Hall–Kier alpha value is -4.10. The van der Waals surface area contributed by atoms with Gasteiger partial charge in [0.2, 0.25) is 0 Å². The molecule has 22 heteroatoms. The second-order valence-corrected chi connectivity index (χ2v) is 10.7. The van der Waals surface area contributed by atoms with Crippen LogP contribution in [0.15, 0.2) is 146 Å². The van der Waals surface area contributed by atoms with Gasteiger partial charge in [-0.15, -0.1) is 0 Å². The van der Waals surface area contributed by atoms with Crippen LogP contribution in [0.4, 0.5) is 0 Å². The molecule has 0 saturated heterocycles. The summed E-state index contributed by atoms with van der Waals surface area (Å²) < 4.78 is 0. The van der Waals surface area contributed by atoms with Crippen molar-refractivity contribution in [2.24, 2.45) is 0 Å². The molecule has 336 valence electrons. The molecule has 0 aliphatic carbocycles. The van der Waals surface area contributed by atoms with Crippen molar-refractivity contribution in [3.05, 3.63) is 181 Å². The van der Waals surface area contributed by atoms with Crippen LogP contribution in [0.25, 0.3) is 0 Å². The normalized spacial score (nSPS) is 7.90. The second-order valence-electron chi connectivity index (χ2n) is 10.7. The molecule has 0 radical (unpaired) electrons. The summed E-state index contributed by atoms with van der Waals surface area (Å²) in [7, 11) is 0. The predicted molar refractivity (Wildman–Crippen MR) is 199 cm³/mol. The molecular weight excluding hydrogens is 1050 g/mol. The van der Waals surface area contributed by atoms with E-state index in [0.717, 1.165) is 73.4 Å². The van der Waals surface area contributed by atoms with E-state index in [1.165, 1.54) is 13.8 Å². The fourth-order valence-corrected chi connectivity index (χ4v) is 4.66. The quantitative estimate of drug-likeness (QED) is 0.124. The van der Waals surface area contributed by atoms with Gasteiger partial charge < -0.3 is 43.8 Å². The number of pyridine rings is 6. The minimum atomic E-state index is 0. The summed E-state index contributed by atoms with van der Waals surface area (Å²) in [5.74, 6) is 0. The third kappa shape index (κ3) is 36.5. The topological polar surface area (TPSA) is 359 Å². The van der Waals surface area contributed by atoms with E-state index in [4.69, 9.17) is 10.5 Å². The zero-order chi connectivity index (χ0) is 35.5. The molecule has 0 atom stereocenters. The summed E-state index contributed by atoms with van der Waals surface area (Å²) in [5.41, 5.74) is 6.30. The Morgan fingerprint density at radius 1 is 0.339 bits per heavy atom. The van der Waals surface area contributed by atoms with Gasteiger partial charge in [-0.05, 0) is 72.8 Å². The third-order valence-electron chi connectivity index (χ3n) is 6.67. The Labute approximate surface area is 413 Å². The molecule has 6 rings (SSSR count). The number of hydrogen-bond acceptors (Lipinski definition) is 10. The van der Waals surface area contributed by atoms with Crippen LogP contribution >= 0.6 is 0 Å². The number of nitriles is 2. The number of nitrogens with zero attached hydrogens (tertiary/aromatic N) is 10. The van der Waals surface area contributed by atoms with E-state index in [-0.39, 0.29) is 120 Å². The van der Waals surface area contributed by atoms with Crippen molar-refractivity contribution in [3.63, 3.8) is 0 Å². The second kappa shape index (κ2) is 53.0. The van der Waals surface area contributed by atoms with Crippen LogP contribution in [0.5, 0.6) is 0 Å². The fourth-order valence-electron chi connectivity index (χ4n) is 4.66. The van der Waals surface area contributed by atoms with Crippen molar-refractivity contribution in [3.8, 4) is 12.1 Å². The molecule has 62 heavy (non-hydrogen) atoms. The molecule has 0 amide bonds. The van der Waals surface area contributed by atoms with Crippen molar-refractivity contribution < 1.29 is 120 Å². The standard InChI is InChI=1S/2C18H18N4.2C2H3N.2Fe.2Mo.8O/c2*1-4-10-19-16(7-1)13-22(14-17-8-2-5-11-20-17)15-18-9-3-6-12-21-18;2*1-2-3;;;;;;;;;;;;/h2*1-12H,13-15H2;2*1H3;;;;;;;;;;;;/q;;;;2*+4;;;8*-2. The number of hydrogen-bond donors (Lipinski definition) is 0. The maximum atomic E-state index is 7.32. The average molecular weight is 1090 g/mol. The van der Waals surface area contributed by atoms with Crippen LogP contribution in [0.1, 0.15) is 48.0 Å². The molecule has 0 unspecified atom stereocenters. The van der Waals surface area contributed by atoms with Gasteiger partial charge in [0, 0.05) is 132 Å². The van der Waals surface area contributed by atoms with Crippen molar-refractivity contribution in [2.75, 3.05) is 0 Å². The van der Waals surface area contributed by atoms with Crippen LogP contribution in [0, 0.1) is 22.7 Å². The Kier molecular flexibility index (Phi) is 69.9. The van der Waals surface area contributed by atoms with Crippen LogP contribution in [-0.2, 0) is 159 Å². The van der Waals surface area contributed by atoms with Gasteiger partial charge >= 0.3 is 34.1 Å². The van der Waals surface area contributed by atoms with E-state index in [9.17, 15) is 0 Å². The number of aromatic nitrogens is 6. The Balaban J connectivity index is -0.0000000824. The van der Waals surface area contributed by atoms with Gasteiger partial charge in [0.25, 0.3) is 0 Å². The molecule has 0 bridgehead atoms. The molecular formula is C40H42Fe2Mo2N10O8-8. The van der Waals surface area contributed by atoms with Gasteiger partial charge in [-0.3, -0.25) is 39.7 Å². The SMILES string of the molecule is CC#N.CC#N.[Fe+4].[Fe+4].[Mo].[Mo].[O-2].[O-2].[O-2].[O-2].[O-2].[O-2].[O-2].[O-2].c1ccc(CN(Cc2ccccn2)Cc2ccccn2)nc1.c1ccc(CN(Cc2ccccn2)Cc2ccccn2)nc1. The third-order valence-corrected chi connectivity index (χ3v) is 6.67. The minimum Gasteiger partial charge on any atom is -2.00 e. The largest absolute Gasteiger partial charge is 4.00 e. The first-order chi connectivity index (χ1) is 24.6. The van der Waals surface area contributed by atoms with Gasteiger partial charge in [-0.1, -0.05) is 36.4 Å². The van der Waals surface area contributed by atoms with E-state index in [1.807, 2.05) is 146 Å². The molecule has 0 fully saturated rings. The van der Waals surface area contributed by atoms with Gasteiger partial charge in [-0.2, -0.15) is 10.5 Å². The molecule has 0 N–H and O–H groups in total. The van der Waals surface area contributed by atoms with Crippen LogP contribution < -0.4 is 0 Å². The minimum absolute atomic E-state index is 0.